The van der Waals surface area contributed by atoms with Crippen LogP contribution in [0.4, 0.5) is 0 Å². The van der Waals surface area contributed by atoms with Crippen LogP contribution in [0.25, 0.3) is 0 Å². The van der Waals surface area contributed by atoms with Crippen molar-refractivity contribution in [3.05, 3.63) is 30.3 Å². The third-order valence-electron chi connectivity index (χ3n) is 4.16. The number of likely N-dealkylation sites (tertiary alicyclic amines) is 1. The monoisotopic (exact) mass is 320 g/mol. The van der Waals surface area contributed by atoms with Gasteiger partial charge in [-0.05, 0) is 44.5 Å². The maximum atomic E-state index is 11.9. The van der Waals surface area contributed by atoms with E-state index in [0.29, 0.717) is 13.2 Å². The van der Waals surface area contributed by atoms with Crippen LogP contribution < -0.4 is 10.1 Å². The summed E-state index contributed by atoms with van der Waals surface area (Å²) in [7, 11) is 0. The van der Waals surface area contributed by atoms with Gasteiger partial charge in [-0.3, -0.25) is 4.79 Å². The molecule has 0 bridgehead atoms. The first-order chi connectivity index (χ1) is 11.2. The Hall–Kier alpha value is -1.59. The lowest BCUT2D eigenvalue weighted by Gasteiger charge is -2.32. The summed E-state index contributed by atoms with van der Waals surface area (Å²) in [5.74, 6) is 1.08. The number of hydrogen-bond acceptors (Lipinski definition) is 4. The molecule has 5 heteroatoms. The van der Waals surface area contributed by atoms with E-state index in [4.69, 9.17) is 4.74 Å². The van der Waals surface area contributed by atoms with Crippen molar-refractivity contribution in [2.45, 2.75) is 32.3 Å². The van der Waals surface area contributed by atoms with Gasteiger partial charge in [-0.2, -0.15) is 0 Å². The predicted molar refractivity (Wildman–Crippen MR) is 90.4 cm³/mol. The zero-order valence-electron chi connectivity index (χ0n) is 13.9. The SMILES string of the molecule is CCCNC(=O)C1CCN(CC(O)COc2ccccc2)CC1. The highest BCUT2D eigenvalue weighted by Crippen LogP contribution is 2.17. The van der Waals surface area contributed by atoms with Crippen LogP contribution in [-0.4, -0.2) is 54.8 Å². The minimum Gasteiger partial charge on any atom is -0.491 e. The molecule has 1 saturated heterocycles. The van der Waals surface area contributed by atoms with E-state index in [1.54, 1.807) is 0 Å². The zero-order chi connectivity index (χ0) is 16.5. The van der Waals surface area contributed by atoms with Gasteiger partial charge in [-0.25, -0.2) is 0 Å². The lowest BCUT2D eigenvalue weighted by molar-refractivity contribution is -0.126. The maximum absolute atomic E-state index is 11.9. The molecular formula is C18H28N2O3. The van der Waals surface area contributed by atoms with Crippen LogP contribution in [0.1, 0.15) is 26.2 Å². The molecule has 1 amide bonds. The largest absolute Gasteiger partial charge is 0.491 e. The smallest absolute Gasteiger partial charge is 0.223 e. The van der Waals surface area contributed by atoms with Crippen molar-refractivity contribution in [3.8, 4) is 5.75 Å². The lowest BCUT2D eigenvalue weighted by atomic mass is 9.95. The summed E-state index contributed by atoms with van der Waals surface area (Å²) < 4.78 is 5.57. The van der Waals surface area contributed by atoms with Crippen molar-refractivity contribution in [3.63, 3.8) is 0 Å². The van der Waals surface area contributed by atoms with Gasteiger partial charge in [0.05, 0.1) is 0 Å². The number of ether oxygens (including phenoxy) is 1. The van der Waals surface area contributed by atoms with Crippen LogP contribution in [0, 0.1) is 5.92 Å². The summed E-state index contributed by atoms with van der Waals surface area (Å²) in [6.07, 6.45) is 2.18. The standard InChI is InChI=1S/C18H28N2O3/c1-2-10-19-18(22)15-8-11-20(12-9-15)13-16(21)14-23-17-6-4-3-5-7-17/h3-7,15-16,21H,2,8-14H2,1H3,(H,19,22). The molecule has 2 rings (SSSR count). The molecule has 1 aliphatic rings. The van der Waals surface area contributed by atoms with Gasteiger partial charge < -0.3 is 20.1 Å². The molecule has 1 aliphatic heterocycles. The Kier molecular flexibility index (Phi) is 7.36. The third-order valence-corrected chi connectivity index (χ3v) is 4.16. The average Bonchev–Trinajstić information content (AvgIpc) is 2.59. The van der Waals surface area contributed by atoms with Crippen LogP contribution in [0.5, 0.6) is 5.75 Å². The number of hydrogen-bond donors (Lipinski definition) is 2. The summed E-state index contributed by atoms with van der Waals surface area (Å²) >= 11 is 0. The van der Waals surface area contributed by atoms with Crippen LogP contribution in [0.3, 0.4) is 0 Å². The molecule has 0 radical (unpaired) electrons. The Balaban J connectivity index is 1.64. The summed E-state index contributed by atoms with van der Waals surface area (Å²) in [5, 5.41) is 13.1. The number of nitrogens with one attached hydrogen (secondary N) is 1. The first kappa shape index (κ1) is 17.8. The van der Waals surface area contributed by atoms with Gasteiger partial charge >= 0.3 is 0 Å². The number of β-amino-alcohol motifs (C(OH)–C–C–N with tert-alkyl or cyclic N) is 1. The molecule has 2 N–H and O–H groups in total. The Bertz CT molecular complexity index is 459. The van der Waals surface area contributed by atoms with E-state index >= 15 is 0 Å². The Labute approximate surface area is 138 Å². The van der Waals surface area contributed by atoms with Crippen molar-refractivity contribution in [1.82, 2.24) is 10.2 Å². The molecule has 5 nitrogen and oxygen atoms in total. The lowest BCUT2D eigenvalue weighted by Crippen LogP contribution is -2.44. The topological polar surface area (TPSA) is 61.8 Å². The minimum absolute atomic E-state index is 0.121. The molecule has 1 aromatic carbocycles. The molecule has 1 unspecified atom stereocenters. The summed E-state index contributed by atoms with van der Waals surface area (Å²) in [5.41, 5.74) is 0. The number of amides is 1. The maximum Gasteiger partial charge on any atom is 0.223 e. The van der Waals surface area contributed by atoms with E-state index in [0.717, 1.165) is 44.6 Å². The Morgan fingerprint density at radius 3 is 2.70 bits per heavy atom. The molecule has 23 heavy (non-hydrogen) atoms. The molecule has 0 aliphatic carbocycles. The fourth-order valence-corrected chi connectivity index (χ4v) is 2.83. The van der Waals surface area contributed by atoms with E-state index in [1.807, 2.05) is 30.3 Å². The number of nitrogens with zero attached hydrogens (tertiary/aromatic N) is 1. The Morgan fingerprint density at radius 1 is 1.35 bits per heavy atom. The second-order valence-corrected chi connectivity index (χ2v) is 6.14. The number of benzene rings is 1. The molecule has 1 atom stereocenters. The third kappa shape index (κ3) is 6.20. The van der Waals surface area contributed by atoms with Crippen molar-refractivity contribution in [2.75, 3.05) is 32.8 Å². The predicted octanol–water partition coefficient (Wildman–Crippen LogP) is 1.66. The quantitative estimate of drug-likeness (QED) is 0.765. The van der Waals surface area contributed by atoms with Gasteiger partial charge in [-0.1, -0.05) is 25.1 Å². The summed E-state index contributed by atoms with van der Waals surface area (Å²) in [4.78, 5) is 14.2. The second kappa shape index (κ2) is 9.53. The van der Waals surface area contributed by atoms with E-state index < -0.39 is 6.10 Å². The molecular weight excluding hydrogens is 292 g/mol. The van der Waals surface area contributed by atoms with Gasteiger partial charge in [0.15, 0.2) is 0 Å². The van der Waals surface area contributed by atoms with E-state index in [2.05, 4.69) is 17.1 Å². The molecule has 128 valence electrons. The highest BCUT2D eigenvalue weighted by molar-refractivity contribution is 5.78. The fraction of sp³-hybridized carbons (Fsp3) is 0.611. The van der Waals surface area contributed by atoms with Gasteiger partial charge in [-0.15, -0.1) is 0 Å². The first-order valence-corrected chi connectivity index (χ1v) is 8.55. The van der Waals surface area contributed by atoms with Crippen molar-refractivity contribution >= 4 is 5.91 Å². The van der Waals surface area contributed by atoms with Gasteiger partial charge in [0.1, 0.15) is 18.5 Å². The number of piperidine rings is 1. The van der Waals surface area contributed by atoms with Crippen LogP contribution >= 0.6 is 0 Å². The van der Waals surface area contributed by atoms with Crippen molar-refractivity contribution in [1.29, 1.82) is 0 Å². The minimum atomic E-state index is -0.513. The van der Waals surface area contributed by atoms with Gasteiger partial charge in [0, 0.05) is 19.0 Å². The summed E-state index contributed by atoms with van der Waals surface area (Å²) in [6, 6.07) is 9.52. The number of aliphatic hydroxyl groups is 1. The van der Waals surface area contributed by atoms with Crippen LogP contribution in [0.2, 0.25) is 0 Å². The number of carbonyl (C=O) groups excluding carboxylic acids is 1. The fourth-order valence-electron chi connectivity index (χ4n) is 2.83. The van der Waals surface area contributed by atoms with Crippen molar-refractivity contribution in [2.24, 2.45) is 5.92 Å². The first-order valence-electron chi connectivity index (χ1n) is 8.55. The van der Waals surface area contributed by atoms with Gasteiger partial charge in [0.25, 0.3) is 0 Å². The Morgan fingerprint density at radius 2 is 2.04 bits per heavy atom. The second-order valence-electron chi connectivity index (χ2n) is 6.14. The van der Waals surface area contributed by atoms with Crippen LogP contribution in [-0.2, 0) is 4.79 Å². The summed E-state index contributed by atoms with van der Waals surface area (Å²) in [6.45, 7) is 5.41. The zero-order valence-corrected chi connectivity index (χ0v) is 13.9. The molecule has 0 aromatic heterocycles. The molecule has 1 aromatic rings. The van der Waals surface area contributed by atoms with Crippen molar-refractivity contribution < 1.29 is 14.6 Å². The van der Waals surface area contributed by atoms with Crippen LogP contribution in [0.15, 0.2) is 30.3 Å². The average molecular weight is 320 g/mol. The number of carbonyl (C=O) groups is 1. The van der Waals surface area contributed by atoms with E-state index in [9.17, 15) is 9.90 Å². The number of para-hydroxylation sites is 1. The number of aliphatic hydroxyl groups excluding tert-OH is 1. The molecule has 0 spiro atoms. The van der Waals surface area contributed by atoms with E-state index in [-0.39, 0.29) is 11.8 Å². The molecule has 1 heterocycles. The number of rotatable bonds is 8. The van der Waals surface area contributed by atoms with E-state index in [1.165, 1.54) is 0 Å². The highest BCUT2D eigenvalue weighted by atomic mass is 16.5. The molecule has 1 fully saturated rings. The normalized spacial score (nSPS) is 17.7. The molecule has 0 saturated carbocycles. The highest BCUT2D eigenvalue weighted by Gasteiger charge is 2.25. The van der Waals surface area contributed by atoms with Gasteiger partial charge in [0.2, 0.25) is 5.91 Å².